The van der Waals surface area contributed by atoms with E-state index >= 15 is 0 Å². The van der Waals surface area contributed by atoms with Crippen molar-refractivity contribution in [3.63, 3.8) is 0 Å². The molecule has 2 rings (SSSR count). The van der Waals surface area contributed by atoms with Gasteiger partial charge in [-0.25, -0.2) is 4.98 Å². The molecule has 0 saturated carbocycles. The molecule has 0 saturated heterocycles. The monoisotopic (exact) mass is 322 g/mol. The molecule has 1 amide bonds. The molecule has 0 aliphatic rings. The minimum absolute atomic E-state index is 0.302. The predicted molar refractivity (Wildman–Crippen MR) is 85.6 cm³/mol. The molecule has 7 heteroatoms. The maximum absolute atomic E-state index is 12.5. The number of benzene rings is 1. The Morgan fingerprint density at radius 1 is 1.09 bits per heavy atom. The summed E-state index contributed by atoms with van der Waals surface area (Å²) < 4.78 is 15.7. The summed E-state index contributed by atoms with van der Waals surface area (Å²) >= 11 is 1.42. The van der Waals surface area contributed by atoms with Crippen molar-refractivity contribution < 1.29 is 19.0 Å². The fraction of sp³-hybridized carbons (Fsp3) is 0.333. The van der Waals surface area contributed by atoms with E-state index in [0.29, 0.717) is 27.9 Å². The number of ether oxygens (including phenoxy) is 3. The summed E-state index contributed by atoms with van der Waals surface area (Å²) in [6, 6.07) is 3.27. The first-order valence-electron chi connectivity index (χ1n) is 6.55. The van der Waals surface area contributed by atoms with Gasteiger partial charge in [0.25, 0.3) is 5.91 Å². The highest BCUT2D eigenvalue weighted by Crippen LogP contribution is 2.35. The zero-order valence-corrected chi connectivity index (χ0v) is 14.0. The second kappa shape index (κ2) is 6.65. The first-order valence-corrected chi connectivity index (χ1v) is 7.37. The SMILES string of the molecule is COc1cc(OC)c(C(=O)Nc2nc(C)c(C)s2)c(OC)c1. The molecule has 1 aromatic heterocycles. The lowest BCUT2D eigenvalue weighted by molar-refractivity contribution is 0.102. The van der Waals surface area contributed by atoms with Crippen LogP contribution in [0.4, 0.5) is 5.13 Å². The van der Waals surface area contributed by atoms with Gasteiger partial charge >= 0.3 is 0 Å². The summed E-state index contributed by atoms with van der Waals surface area (Å²) in [5.74, 6) is 0.952. The van der Waals surface area contributed by atoms with Gasteiger partial charge in [0.2, 0.25) is 0 Å². The molecule has 0 aliphatic carbocycles. The highest BCUT2D eigenvalue weighted by molar-refractivity contribution is 7.15. The number of carbonyl (C=O) groups excluding carboxylic acids is 1. The first-order chi connectivity index (χ1) is 10.5. The zero-order chi connectivity index (χ0) is 16.3. The molecule has 2 aromatic rings. The van der Waals surface area contributed by atoms with Crippen molar-refractivity contribution in [1.29, 1.82) is 0 Å². The molecule has 0 fully saturated rings. The lowest BCUT2D eigenvalue weighted by atomic mass is 10.1. The predicted octanol–water partition coefficient (Wildman–Crippen LogP) is 3.04. The number of rotatable bonds is 5. The van der Waals surface area contributed by atoms with Crippen LogP contribution in [0, 0.1) is 13.8 Å². The quantitative estimate of drug-likeness (QED) is 0.916. The number of aromatic nitrogens is 1. The summed E-state index contributed by atoms with van der Waals surface area (Å²) in [5.41, 5.74) is 1.20. The van der Waals surface area contributed by atoms with Crippen molar-refractivity contribution in [2.75, 3.05) is 26.6 Å². The Balaban J connectivity index is 2.39. The van der Waals surface area contributed by atoms with Crippen LogP contribution in [0.2, 0.25) is 0 Å². The topological polar surface area (TPSA) is 69.7 Å². The number of aryl methyl sites for hydroxylation is 2. The van der Waals surface area contributed by atoms with Crippen LogP contribution in [-0.2, 0) is 0 Å². The van der Waals surface area contributed by atoms with Crippen LogP contribution in [0.3, 0.4) is 0 Å². The highest BCUT2D eigenvalue weighted by atomic mass is 32.1. The molecule has 0 unspecified atom stereocenters. The number of nitrogens with zero attached hydrogens (tertiary/aromatic N) is 1. The van der Waals surface area contributed by atoms with Gasteiger partial charge < -0.3 is 14.2 Å². The lowest BCUT2D eigenvalue weighted by Crippen LogP contribution is -2.14. The van der Waals surface area contributed by atoms with Gasteiger partial charge in [-0.2, -0.15) is 0 Å². The number of carbonyl (C=O) groups is 1. The molecule has 0 spiro atoms. The zero-order valence-electron chi connectivity index (χ0n) is 13.1. The average Bonchev–Trinajstić information content (AvgIpc) is 2.83. The molecular weight excluding hydrogens is 304 g/mol. The van der Waals surface area contributed by atoms with Gasteiger partial charge in [0, 0.05) is 17.0 Å². The van der Waals surface area contributed by atoms with E-state index in [2.05, 4.69) is 10.3 Å². The first kappa shape index (κ1) is 16.1. The van der Waals surface area contributed by atoms with Gasteiger partial charge in [-0.15, -0.1) is 11.3 Å². The van der Waals surface area contributed by atoms with Gasteiger partial charge in [0.05, 0.1) is 27.0 Å². The van der Waals surface area contributed by atoms with E-state index in [1.54, 1.807) is 12.1 Å². The maximum Gasteiger partial charge on any atom is 0.265 e. The molecule has 6 nitrogen and oxygen atoms in total. The normalized spacial score (nSPS) is 10.2. The number of nitrogens with one attached hydrogen (secondary N) is 1. The second-order valence-corrected chi connectivity index (χ2v) is 5.72. The Kier molecular flexibility index (Phi) is 4.87. The molecule has 1 heterocycles. The average molecular weight is 322 g/mol. The fourth-order valence-corrected chi connectivity index (χ4v) is 2.72. The number of methoxy groups -OCH3 is 3. The Bertz CT molecular complexity index is 652. The molecule has 0 aliphatic heterocycles. The van der Waals surface area contributed by atoms with E-state index < -0.39 is 0 Å². The third-order valence-electron chi connectivity index (χ3n) is 3.19. The van der Waals surface area contributed by atoms with Gasteiger partial charge in [0.1, 0.15) is 22.8 Å². The number of hydrogen-bond acceptors (Lipinski definition) is 6. The summed E-state index contributed by atoms with van der Waals surface area (Å²) in [6.45, 7) is 3.85. The van der Waals surface area contributed by atoms with E-state index in [1.165, 1.54) is 32.7 Å². The van der Waals surface area contributed by atoms with Crippen LogP contribution in [0.15, 0.2) is 12.1 Å². The van der Waals surface area contributed by atoms with Crippen LogP contribution in [0.1, 0.15) is 20.9 Å². The van der Waals surface area contributed by atoms with Crippen LogP contribution >= 0.6 is 11.3 Å². The van der Waals surface area contributed by atoms with Gasteiger partial charge in [-0.1, -0.05) is 0 Å². The minimum atomic E-state index is -0.342. The summed E-state index contributed by atoms with van der Waals surface area (Å²) in [5, 5.41) is 3.32. The van der Waals surface area contributed by atoms with Crippen LogP contribution in [-0.4, -0.2) is 32.2 Å². The van der Waals surface area contributed by atoms with Crippen molar-refractivity contribution >= 4 is 22.4 Å². The lowest BCUT2D eigenvalue weighted by Gasteiger charge is -2.14. The molecule has 0 atom stereocenters. The largest absolute Gasteiger partial charge is 0.496 e. The van der Waals surface area contributed by atoms with Crippen molar-refractivity contribution in [2.24, 2.45) is 0 Å². The maximum atomic E-state index is 12.5. The van der Waals surface area contributed by atoms with Crippen LogP contribution < -0.4 is 19.5 Å². The van der Waals surface area contributed by atoms with Gasteiger partial charge in [-0.3, -0.25) is 10.1 Å². The fourth-order valence-electron chi connectivity index (χ4n) is 1.92. The molecule has 1 aromatic carbocycles. The third-order valence-corrected chi connectivity index (χ3v) is 4.18. The molecule has 0 radical (unpaired) electrons. The van der Waals surface area contributed by atoms with E-state index in [0.717, 1.165) is 10.6 Å². The Hall–Kier alpha value is -2.28. The molecule has 0 bridgehead atoms. The van der Waals surface area contributed by atoms with E-state index in [4.69, 9.17) is 14.2 Å². The van der Waals surface area contributed by atoms with E-state index in [9.17, 15) is 4.79 Å². The summed E-state index contributed by atoms with van der Waals surface area (Å²) in [7, 11) is 4.51. The Morgan fingerprint density at radius 2 is 1.68 bits per heavy atom. The molecule has 118 valence electrons. The van der Waals surface area contributed by atoms with Crippen molar-refractivity contribution in [3.05, 3.63) is 28.3 Å². The Morgan fingerprint density at radius 3 is 2.09 bits per heavy atom. The van der Waals surface area contributed by atoms with Crippen molar-refractivity contribution in [3.8, 4) is 17.2 Å². The minimum Gasteiger partial charge on any atom is -0.496 e. The van der Waals surface area contributed by atoms with Crippen LogP contribution in [0.5, 0.6) is 17.2 Å². The van der Waals surface area contributed by atoms with Crippen molar-refractivity contribution in [1.82, 2.24) is 4.98 Å². The van der Waals surface area contributed by atoms with Crippen molar-refractivity contribution in [2.45, 2.75) is 13.8 Å². The third kappa shape index (κ3) is 3.14. The number of amides is 1. The standard InChI is InChI=1S/C15H18N2O4S/c1-8-9(2)22-15(16-8)17-14(18)13-11(20-4)6-10(19-3)7-12(13)21-5/h6-7H,1-5H3,(H,16,17,18). The number of anilines is 1. The van der Waals surface area contributed by atoms with Crippen LogP contribution in [0.25, 0.3) is 0 Å². The molecule has 22 heavy (non-hydrogen) atoms. The molecule has 1 N–H and O–H groups in total. The smallest absolute Gasteiger partial charge is 0.265 e. The number of thiazole rings is 1. The molecular formula is C15H18N2O4S. The van der Waals surface area contributed by atoms with Gasteiger partial charge in [-0.05, 0) is 13.8 Å². The Labute approximate surface area is 133 Å². The van der Waals surface area contributed by atoms with E-state index in [1.807, 2.05) is 13.8 Å². The second-order valence-electron chi connectivity index (χ2n) is 4.52. The summed E-state index contributed by atoms with van der Waals surface area (Å²) in [4.78, 5) is 17.9. The van der Waals surface area contributed by atoms with Gasteiger partial charge in [0.15, 0.2) is 5.13 Å². The number of hydrogen-bond donors (Lipinski definition) is 1. The highest BCUT2D eigenvalue weighted by Gasteiger charge is 2.21. The van der Waals surface area contributed by atoms with E-state index in [-0.39, 0.29) is 5.91 Å². The summed E-state index contributed by atoms with van der Waals surface area (Å²) in [6.07, 6.45) is 0.